The smallest absolute Gasteiger partial charge is 0.179 e. The van der Waals surface area contributed by atoms with E-state index in [4.69, 9.17) is 23.2 Å². The van der Waals surface area contributed by atoms with E-state index in [-0.39, 0.29) is 16.7 Å². The number of nitrogens with zero attached hydrogens (tertiary/aromatic N) is 1. The van der Waals surface area contributed by atoms with Gasteiger partial charge in [0.25, 0.3) is 0 Å². The summed E-state index contributed by atoms with van der Waals surface area (Å²) in [6.07, 6.45) is 0. The number of halogens is 4. The lowest BCUT2D eigenvalue weighted by molar-refractivity contribution is 0.102. The Balaban J connectivity index is 2.71. The largest absolute Gasteiger partial charge is 0.315 e. The zero-order valence-electron chi connectivity index (χ0n) is 10.8. The third kappa shape index (κ3) is 2.65. The third-order valence-corrected chi connectivity index (χ3v) is 4.19. The van der Waals surface area contributed by atoms with Gasteiger partial charge in [-0.2, -0.15) is 0 Å². The van der Waals surface area contributed by atoms with Crippen LogP contribution in [0.1, 0.15) is 21.7 Å². The molecule has 20 heavy (non-hydrogen) atoms. The molecule has 0 bridgehead atoms. The number of benzene rings is 1. The Morgan fingerprint density at radius 2 is 2.00 bits per heavy atom. The monoisotopic (exact) mass is 377 g/mol. The van der Waals surface area contributed by atoms with Crippen molar-refractivity contribution >= 4 is 44.9 Å². The highest BCUT2D eigenvalue weighted by molar-refractivity contribution is 9.10. The maximum absolute atomic E-state index is 13.3. The van der Waals surface area contributed by atoms with E-state index in [1.807, 2.05) is 11.5 Å². The van der Waals surface area contributed by atoms with Crippen LogP contribution in [0.4, 0.5) is 4.39 Å². The Bertz CT molecular complexity index is 674. The summed E-state index contributed by atoms with van der Waals surface area (Å²) in [5, 5.41) is 0.267. The molecule has 0 fully saturated rings. The second kappa shape index (κ2) is 5.88. The highest BCUT2D eigenvalue weighted by atomic mass is 79.9. The summed E-state index contributed by atoms with van der Waals surface area (Å²) in [5.74, 6) is -0.659. The predicted molar refractivity (Wildman–Crippen MR) is 83.0 cm³/mol. The summed E-state index contributed by atoms with van der Waals surface area (Å²) >= 11 is 15.0. The molecule has 6 heteroatoms. The number of rotatable bonds is 3. The van der Waals surface area contributed by atoms with Crippen molar-refractivity contribution in [3.63, 3.8) is 0 Å². The fraction of sp³-hybridized carbons (Fsp3) is 0.214. The predicted octanol–water partition coefficient (Wildman–Crippen LogP) is 5.07. The lowest BCUT2D eigenvalue weighted by Gasteiger charge is -2.14. The molecule has 0 saturated heterocycles. The van der Waals surface area contributed by atoms with Crippen molar-refractivity contribution in [1.29, 1.82) is 0 Å². The van der Waals surface area contributed by atoms with Crippen LogP contribution in [0, 0.1) is 19.7 Å². The summed E-state index contributed by atoms with van der Waals surface area (Å²) in [5.41, 5.74) is 2.70. The van der Waals surface area contributed by atoms with Crippen molar-refractivity contribution in [2.45, 2.75) is 13.8 Å². The van der Waals surface area contributed by atoms with Crippen LogP contribution in [0.2, 0.25) is 5.02 Å². The second-order valence-electron chi connectivity index (χ2n) is 4.40. The second-order valence-corrected chi connectivity index (χ2v) is 5.92. The number of carbonyl (C=O) groups is 1. The van der Waals surface area contributed by atoms with E-state index in [1.165, 1.54) is 12.1 Å². The van der Waals surface area contributed by atoms with Crippen LogP contribution >= 0.6 is 39.1 Å². The van der Waals surface area contributed by atoms with Gasteiger partial charge < -0.3 is 4.57 Å². The van der Waals surface area contributed by atoms with Gasteiger partial charge in [0.1, 0.15) is 5.82 Å². The number of alkyl halides is 1. The zero-order chi connectivity index (χ0) is 15.0. The van der Waals surface area contributed by atoms with E-state index in [1.54, 1.807) is 13.0 Å². The molecule has 2 nitrogen and oxygen atoms in total. The molecule has 0 aliphatic carbocycles. The van der Waals surface area contributed by atoms with E-state index in [0.29, 0.717) is 15.7 Å². The number of aryl methyl sites for hydroxylation is 1. The maximum atomic E-state index is 13.3. The molecular formula is C14H11BrCl2FNO. The molecule has 106 valence electrons. The number of Topliss-reactive ketones (excluding diaryl/α,β-unsaturated/α-hetero) is 1. The number of hydrogen-bond acceptors (Lipinski definition) is 1. The van der Waals surface area contributed by atoms with Crippen LogP contribution < -0.4 is 0 Å². The molecule has 0 saturated carbocycles. The minimum absolute atomic E-state index is 0.0807. The number of aromatic nitrogens is 1. The molecule has 0 spiro atoms. The first kappa shape index (κ1) is 15.5. The summed E-state index contributed by atoms with van der Waals surface area (Å²) in [7, 11) is 0. The normalized spacial score (nSPS) is 10.9. The lowest BCUT2D eigenvalue weighted by atomic mass is 10.2. The molecule has 0 amide bonds. The van der Waals surface area contributed by atoms with E-state index in [0.717, 1.165) is 11.4 Å². The van der Waals surface area contributed by atoms with E-state index in [9.17, 15) is 9.18 Å². The van der Waals surface area contributed by atoms with Gasteiger partial charge in [0.2, 0.25) is 0 Å². The van der Waals surface area contributed by atoms with E-state index >= 15 is 0 Å². The first-order chi connectivity index (χ1) is 9.36. The van der Waals surface area contributed by atoms with Gasteiger partial charge >= 0.3 is 0 Å². The van der Waals surface area contributed by atoms with Gasteiger partial charge in [-0.05, 0) is 48.0 Å². The molecule has 0 atom stereocenters. The van der Waals surface area contributed by atoms with Crippen LogP contribution in [-0.4, -0.2) is 16.2 Å². The number of carbonyl (C=O) groups excluding carboxylic acids is 1. The molecule has 2 aromatic rings. The molecule has 0 aliphatic heterocycles. The lowest BCUT2D eigenvalue weighted by Crippen LogP contribution is -2.05. The molecule has 0 radical (unpaired) electrons. The standard InChI is InChI=1S/C14H11BrCl2FNO/c1-7-3-10(13(20)6-16)8(2)19(7)14-11(15)4-9(18)5-12(14)17/h3-5H,6H2,1-2H3. The van der Waals surface area contributed by atoms with Crippen LogP contribution in [0.3, 0.4) is 0 Å². The van der Waals surface area contributed by atoms with Gasteiger partial charge in [0.15, 0.2) is 5.78 Å². The van der Waals surface area contributed by atoms with Crippen LogP contribution in [0.15, 0.2) is 22.7 Å². The average Bonchev–Trinajstić information content (AvgIpc) is 2.65. The molecular weight excluding hydrogens is 368 g/mol. The van der Waals surface area contributed by atoms with Crippen LogP contribution in [0.25, 0.3) is 5.69 Å². The molecule has 0 unspecified atom stereocenters. The highest BCUT2D eigenvalue weighted by Crippen LogP contribution is 2.33. The summed E-state index contributed by atoms with van der Waals surface area (Å²) in [6, 6.07) is 4.33. The maximum Gasteiger partial charge on any atom is 0.179 e. The molecule has 1 aromatic heterocycles. The SMILES string of the molecule is Cc1cc(C(=O)CCl)c(C)n1-c1c(Cl)cc(F)cc1Br. The van der Waals surface area contributed by atoms with Crippen molar-refractivity contribution in [3.8, 4) is 5.69 Å². The summed E-state index contributed by atoms with van der Waals surface area (Å²) < 4.78 is 15.7. The summed E-state index contributed by atoms with van der Waals surface area (Å²) in [6.45, 7) is 3.66. The molecule has 1 heterocycles. The minimum Gasteiger partial charge on any atom is -0.315 e. The fourth-order valence-electron chi connectivity index (χ4n) is 2.21. The first-order valence-corrected chi connectivity index (χ1v) is 7.50. The van der Waals surface area contributed by atoms with Gasteiger partial charge in [-0.1, -0.05) is 11.6 Å². The number of ketones is 1. The van der Waals surface area contributed by atoms with Gasteiger partial charge in [0, 0.05) is 21.4 Å². The molecule has 2 rings (SSSR count). The van der Waals surface area contributed by atoms with Crippen molar-refractivity contribution < 1.29 is 9.18 Å². The quantitative estimate of drug-likeness (QED) is 0.539. The number of hydrogen-bond donors (Lipinski definition) is 0. The van der Waals surface area contributed by atoms with Gasteiger partial charge in [-0.3, -0.25) is 4.79 Å². The van der Waals surface area contributed by atoms with E-state index < -0.39 is 5.82 Å². The fourth-order valence-corrected chi connectivity index (χ4v) is 3.37. The Kier molecular flexibility index (Phi) is 4.57. The van der Waals surface area contributed by atoms with E-state index in [2.05, 4.69) is 15.9 Å². The highest BCUT2D eigenvalue weighted by Gasteiger charge is 2.19. The van der Waals surface area contributed by atoms with Gasteiger partial charge in [-0.25, -0.2) is 4.39 Å². The van der Waals surface area contributed by atoms with Gasteiger partial charge in [-0.15, -0.1) is 11.6 Å². The van der Waals surface area contributed by atoms with Gasteiger partial charge in [0.05, 0.1) is 16.6 Å². The Hall–Kier alpha value is -0.840. The molecule has 1 aromatic carbocycles. The molecule has 0 aliphatic rings. The zero-order valence-corrected chi connectivity index (χ0v) is 13.9. The van der Waals surface area contributed by atoms with Crippen molar-refractivity contribution in [3.05, 3.63) is 50.5 Å². The summed E-state index contributed by atoms with van der Waals surface area (Å²) in [4.78, 5) is 11.8. The Morgan fingerprint density at radius 3 is 2.55 bits per heavy atom. The topological polar surface area (TPSA) is 22.0 Å². The first-order valence-electron chi connectivity index (χ1n) is 5.79. The van der Waals surface area contributed by atoms with Crippen molar-refractivity contribution in [2.24, 2.45) is 0 Å². The third-order valence-electron chi connectivity index (χ3n) is 3.06. The average molecular weight is 379 g/mol. The Morgan fingerprint density at radius 1 is 1.35 bits per heavy atom. The Labute approximate surface area is 134 Å². The van der Waals surface area contributed by atoms with Crippen LogP contribution in [0.5, 0.6) is 0 Å². The molecule has 0 N–H and O–H groups in total. The van der Waals surface area contributed by atoms with Crippen molar-refractivity contribution in [1.82, 2.24) is 4.57 Å². The van der Waals surface area contributed by atoms with Crippen molar-refractivity contribution in [2.75, 3.05) is 5.88 Å². The van der Waals surface area contributed by atoms with Crippen LogP contribution in [-0.2, 0) is 0 Å². The minimum atomic E-state index is -0.426.